The van der Waals surface area contributed by atoms with Crippen LogP contribution in [-0.2, 0) is 20.9 Å². The van der Waals surface area contributed by atoms with Crippen molar-refractivity contribution in [3.8, 4) is 5.75 Å². The van der Waals surface area contributed by atoms with Gasteiger partial charge in [0.05, 0.1) is 5.56 Å². The number of likely N-dealkylation sites (tertiary alicyclic amines) is 1. The number of amides is 2. The Morgan fingerprint density at radius 3 is 2.48 bits per heavy atom. The minimum atomic E-state index is -0.881. The smallest absolute Gasteiger partial charge is 0.340 e. The van der Waals surface area contributed by atoms with E-state index in [0.29, 0.717) is 35.6 Å². The van der Waals surface area contributed by atoms with Gasteiger partial charge in [-0.2, -0.15) is 0 Å². The van der Waals surface area contributed by atoms with Crippen molar-refractivity contribution in [2.75, 3.05) is 5.32 Å². The summed E-state index contributed by atoms with van der Waals surface area (Å²) in [7, 11) is 0. The number of cyclic esters (lactones) is 1. The molecule has 1 N–H and O–H groups in total. The number of nitrogens with one attached hydrogen (secondary N) is 1. The molecule has 1 unspecified atom stereocenters. The topological polar surface area (TPSA) is 84.9 Å². The molecule has 166 valence electrons. The predicted octanol–water partition coefficient (Wildman–Crippen LogP) is 4.06. The van der Waals surface area contributed by atoms with Crippen LogP contribution in [0.2, 0.25) is 0 Å². The van der Waals surface area contributed by atoms with Gasteiger partial charge < -0.3 is 14.8 Å². The average Bonchev–Trinajstić information content (AvgIpc) is 3.39. The summed E-state index contributed by atoms with van der Waals surface area (Å²) in [5, 5.41) is 2.87. The summed E-state index contributed by atoms with van der Waals surface area (Å²) in [6.07, 6.45) is -0.298. The van der Waals surface area contributed by atoms with E-state index in [1.165, 1.54) is 4.90 Å². The number of carbonyl (C=O) groups excluding carboxylic acids is 3. The van der Waals surface area contributed by atoms with Gasteiger partial charge in [-0.25, -0.2) is 4.79 Å². The first kappa shape index (κ1) is 20.8. The highest BCUT2D eigenvalue weighted by atomic mass is 16.6. The Hall–Kier alpha value is -4.13. The molecule has 5 rings (SSSR count). The molecule has 7 nitrogen and oxygen atoms in total. The van der Waals surface area contributed by atoms with Crippen molar-refractivity contribution in [1.82, 2.24) is 4.90 Å². The molecule has 0 radical (unpaired) electrons. The lowest BCUT2D eigenvalue weighted by molar-refractivity contribution is -0.144. The second kappa shape index (κ2) is 8.78. The fourth-order valence-corrected chi connectivity index (χ4v) is 4.19. The SMILES string of the molecule is O=C1OC(N2C(=O)CC[C@H]2C(=O)Nc2ccc(OCc3ccccc3)cc2)c2ccccc21. The third-order valence-corrected chi connectivity index (χ3v) is 5.85. The zero-order valence-corrected chi connectivity index (χ0v) is 17.8. The second-order valence-electron chi connectivity index (χ2n) is 7.99. The third-order valence-electron chi connectivity index (χ3n) is 5.85. The van der Waals surface area contributed by atoms with Gasteiger partial charge in [-0.15, -0.1) is 0 Å². The number of hydrogen-bond donors (Lipinski definition) is 1. The van der Waals surface area contributed by atoms with E-state index in [-0.39, 0.29) is 18.2 Å². The number of nitrogens with zero attached hydrogens (tertiary/aromatic N) is 1. The molecule has 2 aliphatic rings. The first-order valence-electron chi connectivity index (χ1n) is 10.8. The lowest BCUT2D eigenvalue weighted by atomic mass is 10.1. The summed E-state index contributed by atoms with van der Waals surface area (Å²) < 4.78 is 11.2. The Morgan fingerprint density at radius 1 is 0.970 bits per heavy atom. The number of anilines is 1. The molecule has 1 saturated heterocycles. The van der Waals surface area contributed by atoms with Crippen molar-refractivity contribution in [2.24, 2.45) is 0 Å². The van der Waals surface area contributed by atoms with E-state index in [1.54, 1.807) is 48.5 Å². The van der Waals surface area contributed by atoms with Gasteiger partial charge in [-0.05, 0) is 42.3 Å². The molecule has 2 atom stereocenters. The van der Waals surface area contributed by atoms with Crippen molar-refractivity contribution in [1.29, 1.82) is 0 Å². The summed E-state index contributed by atoms with van der Waals surface area (Å²) >= 11 is 0. The number of carbonyl (C=O) groups is 3. The average molecular weight is 442 g/mol. The van der Waals surface area contributed by atoms with Crippen LogP contribution in [0.15, 0.2) is 78.9 Å². The molecule has 7 heteroatoms. The van der Waals surface area contributed by atoms with E-state index in [2.05, 4.69) is 5.32 Å². The van der Waals surface area contributed by atoms with E-state index >= 15 is 0 Å². The lowest BCUT2D eigenvalue weighted by Gasteiger charge is -2.29. The van der Waals surface area contributed by atoms with Crippen LogP contribution in [0.1, 0.15) is 40.6 Å². The van der Waals surface area contributed by atoms with Gasteiger partial charge in [-0.1, -0.05) is 48.5 Å². The largest absolute Gasteiger partial charge is 0.489 e. The van der Waals surface area contributed by atoms with E-state index in [0.717, 1.165) is 5.56 Å². The van der Waals surface area contributed by atoms with E-state index < -0.39 is 18.2 Å². The maximum atomic E-state index is 13.0. The summed E-state index contributed by atoms with van der Waals surface area (Å²) in [5.41, 5.74) is 2.69. The minimum Gasteiger partial charge on any atom is -0.489 e. The quantitative estimate of drug-likeness (QED) is 0.582. The number of rotatable bonds is 6. The van der Waals surface area contributed by atoms with Gasteiger partial charge in [0.1, 0.15) is 18.4 Å². The van der Waals surface area contributed by atoms with Crippen molar-refractivity contribution < 1.29 is 23.9 Å². The van der Waals surface area contributed by atoms with Crippen LogP contribution >= 0.6 is 0 Å². The van der Waals surface area contributed by atoms with Crippen LogP contribution in [0.3, 0.4) is 0 Å². The van der Waals surface area contributed by atoms with Crippen LogP contribution in [0.5, 0.6) is 5.75 Å². The molecule has 0 saturated carbocycles. The van der Waals surface area contributed by atoms with Gasteiger partial charge in [0.2, 0.25) is 18.0 Å². The maximum Gasteiger partial charge on any atom is 0.340 e. The normalized spacial score (nSPS) is 19.2. The molecule has 2 heterocycles. The van der Waals surface area contributed by atoms with E-state index in [9.17, 15) is 14.4 Å². The van der Waals surface area contributed by atoms with Gasteiger partial charge in [0, 0.05) is 17.7 Å². The lowest BCUT2D eigenvalue weighted by Crippen LogP contribution is -2.43. The zero-order chi connectivity index (χ0) is 22.8. The maximum absolute atomic E-state index is 13.0. The molecule has 0 bridgehead atoms. The second-order valence-corrected chi connectivity index (χ2v) is 7.99. The fourth-order valence-electron chi connectivity index (χ4n) is 4.19. The Labute approximate surface area is 190 Å². The zero-order valence-electron chi connectivity index (χ0n) is 17.8. The molecule has 0 aliphatic carbocycles. The van der Waals surface area contributed by atoms with Crippen LogP contribution < -0.4 is 10.1 Å². The first-order chi connectivity index (χ1) is 16.1. The van der Waals surface area contributed by atoms with Crippen molar-refractivity contribution in [2.45, 2.75) is 31.7 Å². The van der Waals surface area contributed by atoms with E-state index in [4.69, 9.17) is 9.47 Å². The van der Waals surface area contributed by atoms with Crippen LogP contribution in [0.25, 0.3) is 0 Å². The molecule has 0 spiro atoms. The van der Waals surface area contributed by atoms with Gasteiger partial charge in [-0.3, -0.25) is 14.5 Å². The fraction of sp³-hybridized carbons (Fsp3) is 0.192. The van der Waals surface area contributed by atoms with E-state index in [1.807, 2.05) is 30.3 Å². The highest BCUT2D eigenvalue weighted by Gasteiger charge is 2.46. The van der Waals surface area contributed by atoms with Gasteiger partial charge in [0.15, 0.2) is 0 Å². The molecule has 3 aromatic carbocycles. The molecular formula is C26H22N2O5. The standard InChI is InChI=1S/C26H22N2O5/c29-23-15-14-22(28(23)25-20-8-4-5-9-21(20)26(31)33-25)24(30)27-18-10-12-19(13-11-18)32-16-17-6-2-1-3-7-17/h1-13,22,25H,14-16H2,(H,27,30)/t22-,25?/m0/s1. The number of esters is 1. The monoisotopic (exact) mass is 442 g/mol. The Morgan fingerprint density at radius 2 is 1.70 bits per heavy atom. The van der Waals surface area contributed by atoms with Crippen molar-refractivity contribution in [3.05, 3.63) is 95.6 Å². The molecule has 2 amide bonds. The Kier molecular flexibility index (Phi) is 5.52. The predicted molar refractivity (Wildman–Crippen MR) is 120 cm³/mol. The van der Waals surface area contributed by atoms with Crippen molar-refractivity contribution in [3.63, 3.8) is 0 Å². The summed E-state index contributed by atoms with van der Waals surface area (Å²) in [4.78, 5) is 39.3. The minimum absolute atomic E-state index is 0.214. The molecular weight excluding hydrogens is 420 g/mol. The first-order valence-corrected chi connectivity index (χ1v) is 10.8. The summed E-state index contributed by atoms with van der Waals surface area (Å²) in [5.74, 6) is -0.335. The van der Waals surface area contributed by atoms with Gasteiger partial charge >= 0.3 is 5.97 Å². The molecule has 3 aromatic rings. The highest BCUT2D eigenvalue weighted by molar-refractivity contribution is 6.00. The third kappa shape index (κ3) is 4.17. The molecule has 0 aromatic heterocycles. The van der Waals surface area contributed by atoms with Crippen molar-refractivity contribution >= 4 is 23.5 Å². The molecule has 2 aliphatic heterocycles. The highest BCUT2D eigenvalue weighted by Crippen LogP contribution is 2.38. The van der Waals surface area contributed by atoms with Crippen LogP contribution in [-0.4, -0.2) is 28.7 Å². The summed E-state index contributed by atoms with van der Waals surface area (Å²) in [6, 6.07) is 23.1. The summed E-state index contributed by atoms with van der Waals surface area (Å²) in [6.45, 7) is 0.452. The number of ether oxygens (including phenoxy) is 2. The Bertz CT molecular complexity index is 1190. The Balaban J connectivity index is 1.25. The number of benzene rings is 3. The number of fused-ring (bicyclic) bond motifs is 1. The van der Waals surface area contributed by atoms with Gasteiger partial charge in [0.25, 0.3) is 0 Å². The molecule has 33 heavy (non-hydrogen) atoms. The number of hydrogen-bond acceptors (Lipinski definition) is 5. The molecule has 1 fully saturated rings. The van der Waals surface area contributed by atoms with Crippen LogP contribution in [0, 0.1) is 0 Å². The van der Waals surface area contributed by atoms with Crippen LogP contribution in [0.4, 0.5) is 5.69 Å².